The maximum Gasteiger partial charge on any atom is 0.205 e. The van der Waals surface area contributed by atoms with Crippen molar-refractivity contribution < 1.29 is 4.74 Å². The molecule has 0 aliphatic carbocycles. The summed E-state index contributed by atoms with van der Waals surface area (Å²) >= 11 is 0. The Morgan fingerprint density at radius 2 is 1.91 bits per heavy atom. The van der Waals surface area contributed by atoms with Crippen molar-refractivity contribution in [3.63, 3.8) is 0 Å². The largest absolute Gasteiger partial charge is 0.440 e. The molecule has 1 unspecified atom stereocenters. The number of nitrogens with two attached hydrogens (primary N) is 1. The van der Waals surface area contributed by atoms with Crippen LogP contribution in [0.3, 0.4) is 0 Å². The van der Waals surface area contributed by atoms with Gasteiger partial charge in [-0.05, 0) is 11.3 Å². The molecular formula is C19H20N2O. The Labute approximate surface area is 131 Å². The second kappa shape index (κ2) is 5.73. The molecule has 1 atom stereocenters. The van der Waals surface area contributed by atoms with E-state index >= 15 is 0 Å². The summed E-state index contributed by atoms with van der Waals surface area (Å²) in [7, 11) is 0. The number of hydrogen-bond acceptors (Lipinski definition) is 3. The van der Waals surface area contributed by atoms with E-state index in [9.17, 15) is 5.26 Å². The molecule has 0 fully saturated rings. The van der Waals surface area contributed by atoms with Gasteiger partial charge < -0.3 is 10.5 Å². The summed E-state index contributed by atoms with van der Waals surface area (Å²) in [5, 5.41) is 11.7. The van der Waals surface area contributed by atoms with Gasteiger partial charge in [0, 0.05) is 16.9 Å². The second-order valence-electron chi connectivity index (χ2n) is 5.75. The van der Waals surface area contributed by atoms with E-state index in [2.05, 4.69) is 38.1 Å². The third-order valence-corrected chi connectivity index (χ3v) is 4.67. The Kier molecular flexibility index (Phi) is 3.77. The normalized spacial score (nSPS) is 17.3. The fourth-order valence-corrected chi connectivity index (χ4v) is 3.47. The lowest BCUT2D eigenvalue weighted by molar-refractivity contribution is 0.353. The zero-order valence-electron chi connectivity index (χ0n) is 13.0. The quantitative estimate of drug-likeness (QED) is 0.909. The lowest BCUT2D eigenvalue weighted by Crippen LogP contribution is -2.25. The molecule has 0 amide bonds. The van der Waals surface area contributed by atoms with Crippen molar-refractivity contribution in [2.45, 2.75) is 32.6 Å². The van der Waals surface area contributed by atoms with Gasteiger partial charge in [-0.15, -0.1) is 0 Å². The van der Waals surface area contributed by atoms with Crippen molar-refractivity contribution in [1.82, 2.24) is 0 Å². The first-order valence-corrected chi connectivity index (χ1v) is 7.80. The molecule has 112 valence electrons. The van der Waals surface area contributed by atoms with Crippen LogP contribution >= 0.6 is 0 Å². The maximum atomic E-state index is 9.54. The molecule has 0 saturated carbocycles. The van der Waals surface area contributed by atoms with Crippen LogP contribution in [0.25, 0.3) is 10.8 Å². The molecule has 1 heterocycles. The number of rotatable bonds is 3. The van der Waals surface area contributed by atoms with Gasteiger partial charge in [0.05, 0.1) is 5.57 Å². The number of fused-ring (bicyclic) bond motifs is 3. The smallest absolute Gasteiger partial charge is 0.205 e. The molecule has 2 aromatic carbocycles. The monoisotopic (exact) mass is 292 g/mol. The van der Waals surface area contributed by atoms with E-state index in [0.29, 0.717) is 11.5 Å². The van der Waals surface area contributed by atoms with E-state index in [1.165, 1.54) is 0 Å². The zero-order valence-corrected chi connectivity index (χ0v) is 13.0. The summed E-state index contributed by atoms with van der Waals surface area (Å²) in [6, 6.07) is 14.6. The fraction of sp³-hybridized carbons (Fsp3) is 0.316. The highest BCUT2D eigenvalue weighted by Gasteiger charge is 2.34. The maximum absolute atomic E-state index is 9.54. The molecule has 0 saturated heterocycles. The summed E-state index contributed by atoms with van der Waals surface area (Å²) in [5.41, 5.74) is 7.72. The Balaban J connectivity index is 2.27. The number of benzene rings is 2. The molecule has 2 N–H and O–H groups in total. The van der Waals surface area contributed by atoms with Crippen LogP contribution in [-0.4, -0.2) is 0 Å². The highest BCUT2D eigenvalue weighted by Crippen LogP contribution is 2.46. The van der Waals surface area contributed by atoms with Crippen molar-refractivity contribution in [1.29, 1.82) is 5.26 Å². The molecule has 22 heavy (non-hydrogen) atoms. The first-order valence-electron chi connectivity index (χ1n) is 7.80. The molecule has 0 bridgehead atoms. The molecule has 0 radical (unpaired) electrons. The van der Waals surface area contributed by atoms with Crippen LogP contribution in [-0.2, 0) is 0 Å². The van der Waals surface area contributed by atoms with Gasteiger partial charge in [-0.25, -0.2) is 0 Å². The number of allylic oxidation sites excluding steroid dienone is 1. The number of nitrogens with zero attached hydrogens (tertiary/aromatic N) is 1. The first kappa shape index (κ1) is 14.5. The molecule has 3 rings (SSSR count). The van der Waals surface area contributed by atoms with Crippen molar-refractivity contribution in [3.8, 4) is 11.8 Å². The van der Waals surface area contributed by atoms with Crippen LogP contribution in [0.2, 0.25) is 0 Å². The topological polar surface area (TPSA) is 59.0 Å². The molecule has 1 aliphatic rings. The van der Waals surface area contributed by atoms with Gasteiger partial charge in [-0.3, -0.25) is 0 Å². The van der Waals surface area contributed by atoms with E-state index in [0.717, 1.165) is 34.9 Å². The summed E-state index contributed by atoms with van der Waals surface area (Å²) in [5.74, 6) is 1.47. The predicted molar refractivity (Wildman–Crippen MR) is 88.2 cm³/mol. The van der Waals surface area contributed by atoms with Crippen LogP contribution in [0, 0.1) is 17.2 Å². The summed E-state index contributed by atoms with van der Waals surface area (Å²) in [4.78, 5) is 0. The van der Waals surface area contributed by atoms with Crippen molar-refractivity contribution >= 4 is 10.8 Å². The molecule has 1 aliphatic heterocycles. The Bertz CT molecular complexity index is 782. The second-order valence-corrected chi connectivity index (χ2v) is 5.75. The fourth-order valence-electron chi connectivity index (χ4n) is 3.47. The van der Waals surface area contributed by atoms with Gasteiger partial charge in [0.1, 0.15) is 11.8 Å². The van der Waals surface area contributed by atoms with E-state index in [4.69, 9.17) is 10.5 Å². The van der Waals surface area contributed by atoms with Gasteiger partial charge in [-0.2, -0.15) is 5.26 Å². The SMILES string of the molecule is CCC(CC)C1C(C#N)=C(N)Oc2c1ccc1ccccc21. The third kappa shape index (κ3) is 2.12. The van der Waals surface area contributed by atoms with Crippen molar-refractivity contribution in [2.75, 3.05) is 0 Å². The zero-order chi connectivity index (χ0) is 15.7. The van der Waals surface area contributed by atoms with E-state index in [-0.39, 0.29) is 11.8 Å². The average molecular weight is 292 g/mol. The minimum atomic E-state index is 0.0216. The van der Waals surface area contributed by atoms with Crippen LogP contribution in [0.15, 0.2) is 47.9 Å². The first-order chi connectivity index (χ1) is 10.7. The van der Waals surface area contributed by atoms with Crippen LogP contribution < -0.4 is 10.5 Å². The molecular weight excluding hydrogens is 272 g/mol. The van der Waals surface area contributed by atoms with Crippen molar-refractivity contribution in [3.05, 3.63) is 53.4 Å². The standard InChI is InChI=1S/C19H20N2O/c1-3-12(4-2)17-15-10-9-13-7-5-6-8-14(13)18(15)22-19(21)16(17)11-20/h5-10,12,17H,3-4,21H2,1-2H3. The van der Waals surface area contributed by atoms with Gasteiger partial charge in [0.15, 0.2) is 0 Å². The number of nitriles is 1. The van der Waals surface area contributed by atoms with E-state index < -0.39 is 0 Å². The van der Waals surface area contributed by atoms with Gasteiger partial charge >= 0.3 is 0 Å². The highest BCUT2D eigenvalue weighted by molar-refractivity contribution is 5.90. The van der Waals surface area contributed by atoms with Gasteiger partial charge in [0.2, 0.25) is 5.88 Å². The minimum Gasteiger partial charge on any atom is -0.440 e. The molecule has 2 aromatic rings. The summed E-state index contributed by atoms with van der Waals surface area (Å²) < 4.78 is 5.85. The predicted octanol–water partition coefficient (Wildman–Crippen LogP) is 4.45. The van der Waals surface area contributed by atoms with E-state index in [1.54, 1.807) is 0 Å². The average Bonchev–Trinajstić information content (AvgIpc) is 2.55. The summed E-state index contributed by atoms with van der Waals surface area (Å²) in [6.07, 6.45) is 2.01. The van der Waals surface area contributed by atoms with Crippen LogP contribution in [0.5, 0.6) is 5.75 Å². The molecule has 0 aromatic heterocycles. The van der Waals surface area contributed by atoms with Gasteiger partial charge in [0.25, 0.3) is 0 Å². The highest BCUT2D eigenvalue weighted by atomic mass is 16.5. The Hall–Kier alpha value is -2.47. The van der Waals surface area contributed by atoms with Crippen LogP contribution in [0.1, 0.15) is 38.2 Å². The minimum absolute atomic E-state index is 0.0216. The lowest BCUT2D eigenvalue weighted by atomic mass is 9.76. The van der Waals surface area contributed by atoms with Crippen molar-refractivity contribution in [2.24, 2.45) is 11.7 Å². The number of ether oxygens (including phenoxy) is 1. The summed E-state index contributed by atoms with van der Waals surface area (Å²) in [6.45, 7) is 4.32. The Morgan fingerprint density at radius 1 is 1.18 bits per heavy atom. The van der Waals surface area contributed by atoms with E-state index in [1.807, 2.05) is 18.2 Å². The lowest BCUT2D eigenvalue weighted by Gasteiger charge is -2.31. The molecule has 3 nitrogen and oxygen atoms in total. The molecule has 3 heteroatoms. The molecule has 0 spiro atoms. The van der Waals surface area contributed by atoms with Gasteiger partial charge in [-0.1, -0.05) is 63.1 Å². The number of hydrogen-bond donors (Lipinski definition) is 1. The Morgan fingerprint density at radius 3 is 2.59 bits per heavy atom. The third-order valence-electron chi connectivity index (χ3n) is 4.67. The van der Waals surface area contributed by atoms with Crippen LogP contribution in [0.4, 0.5) is 0 Å².